The number of carbonyl (C=O) groups is 3. The summed E-state index contributed by atoms with van der Waals surface area (Å²) in [5, 5.41) is 8.86. The summed E-state index contributed by atoms with van der Waals surface area (Å²) in [6.45, 7) is 1.77. The third-order valence-corrected chi connectivity index (χ3v) is 1.82. The maximum atomic E-state index is 11.4. The SMILES string of the molecule is CCOC(=O)C1=NN=C2C(=O)NC(=O)N=C21. The van der Waals surface area contributed by atoms with E-state index in [-0.39, 0.29) is 23.7 Å². The molecule has 8 nitrogen and oxygen atoms in total. The molecule has 0 spiro atoms. The van der Waals surface area contributed by atoms with Crippen LogP contribution in [-0.4, -0.2) is 41.6 Å². The standard InChI is InChI=1S/C8H6N4O4/c1-2-16-7(14)5-3-4(11-12-5)6(13)10-8(15)9-3/h2H2,1H3,(H,10,13,15). The molecule has 0 unspecified atom stereocenters. The van der Waals surface area contributed by atoms with Gasteiger partial charge in [0.2, 0.25) is 0 Å². The molecule has 2 rings (SSSR count). The van der Waals surface area contributed by atoms with Crippen LogP contribution >= 0.6 is 0 Å². The Kier molecular flexibility index (Phi) is 2.31. The van der Waals surface area contributed by atoms with Crippen molar-refractivity contribution in [1.82, 2.24) is 5.32 Å². The molecule has 2 aliphatic heterocycles. The second kappa shape index (κ2) is 3.65. The monoisotopic (exact) mass is 222 g/mol. The van der Waals surface area contributed by atoms with Crippen molar-refractivity contribution in [3.05, 3.63) is 0 Å². The van der Waals surface area contributed by atoms with Crippen molar-refractivity contribution < 1.29 is 19.1 Å². The third kappa shape index (κ3) is 1.49. The van der Waals surface area contributed by atoms with Crippen LogP contribution in [0.1, 0.15) is 6.92 Å². The quantitative estimate of drug-likeness (QED) is 0.607. The highest BCUT2D eigenvalue weighted by molar-refractivity contribution is 6.92. The van der Waals surface area contributed by atoms with E-state index in [1.165, 1.54) is 0 Å². The van der Waals surface area contributed by atoms with E-state index in [1.54, 1.807) is 6.92 Å². The van der Waals surface area contributed by atoms with E-state index in [1.807, 2.05) is 5.32 Å². The number of rotatable bonds is 2. The second-order valence-corrected chi connectivity index (χ2v) is 2.84. The average molecular weight is 222 g/mol. The highest BCUT2D eigenvalue weighted by Crippen LogP contribution is 2.07. The molecule has 2 heterocycles. The van der Waals surface area contributed by atoms with Crippen molar-refractivity contribution in [1.29, 1.82) is 0 Å². The first-order valence-corrected chi connectivity index (χ1v) is 4.41. The van der Waals surface area contributed by atoms with Crippen molar-refractivity contribution in [3.63, 3.8) is 0 Å². The summed E-state index contributed by atoms with van der Waals surface area (Å²) >= 11 is 0. The van der Waals surface area contributed by atoms with Crippen molar-refractivity contribution in [3.8, 4) is 0 Å². The normalized spacial score (nSPS) is 18.2. The van der Waals surface area contributed by atoms with Crippen LogP contribution in [0.25, 0.3) is 0 Å². The number of hydrogen-bond acceptors (Lipinski definition) is 6. The van der Waals surface area contributed by atoms with Crippen LogP contribution in [0.3, 0.4) is 0 Å². The molecule has 0 aromatic heterocycles. The summed E-state index contributed by atoms with van der Waals surface area (Å²) in [5.74, 6) is -1.49. The molecule has 8 heteroatoms. The predicted octanol–water partition coefficient (Wildman–Crippen LogP) is -0.949. The lowest BCUT2D eigenvalue weighted by atomic mass is 10.1. The lowest BCUT2D eigenvalue weighted by Gasteiger charge is -2.08. The number of esters is 1. The van der Waals surface area contributed by atoms with Gasteiger partial charge in [0, 0.05) is 0 Å². The fourth-order valence-electron chi connectivity index (χ4n) is 1.19. The maximum absolute atomic E-state index is 11.4. The number of imide groups is 1. The number of nitrogens with zero attached hydrogens (tertiary/aromatic N) is 3. The number of ether oxygens (including phenoxy) is 1. The molecule has 0 fully saturated rings. The van der Waals surface area contributed by atoms with Crippen LogP contribution in [0.2, 0.25) is 0 Å². The Hall–Kier alpha value is -2.38. The van der Waals surface area contributed by atoms with Crippen LogP contribution in [0.15, 0.2) is 15.2 Å². The van der Waals surface area contributed by atoms with Crippen molar-refractivity contribution in [2.45, 2.75) is 6.92 Å². The predicted molar refractivity (Wildman–Crippen MR) is 52.5 cm³/mol. The number of carbonyl (C=O) groups excluding carboxylic acids is 3. The average Bonchev–Trinajstić information content (AvgIpc) is 2.61. The zero-order valence-electron chi connectivity index (χ0n) is 8.18. The van der Waals surface area contributed by atoms with Crippen molar-refractivity contribution >= 4 is 35.0 Å². The van der Waals surface area contributed by atoms with Crippen LogP contribution in [0.5, 0.6) is 0 Å². The number of urea groups is 1. The first kappa shape index (κ1) is 10.1. The molecule has 1 N–H and O–H groups in total. The first-order valence-electron chi connectivity index (χ1n) is 4.41. The largest absolute Gasteiger partial charge is 0.461 e. The van der Waals surface area contributed by atoms with E-state index < -0.39 is 17.9 Å². The Morgan fingerprint density at radius 3 is 2.75 bits per heavy atom. The first-order chi connectivity index (χ1) is 7.63. The zero-order chi connectivity index (χ0) is 11.7. The third-order valence-electron chi connectivity index (χ3n) is 1.82. The smallest absolute Gasteiger partial charge is 0.361 e. The second-order valence-electron chi connectivity index (χ2n) is 2.84. The molecular weight excluding hydrogens is 216 g/mol. The number of aliphatic imine (C=N–C) groups is 1. The van der Waals surface area contributed by atoms with E-state index in [9.17, 15) is 14.4 Å². The highest BCUT2D eigenvalue weighted by Gasteiger charge is 2.37. The summed E-state index contributed by atoms with van der Waals surface area (Å²) in [7, 11) is 0. The van der Waals surface area contributed by atoms with Gasteiger partial charge in [0.1, 0.15) is 5.71 Å². The molecule has 82 valence electrons. The van der Waals surface area contributed by atoms with E-state index in [0.29, 0.717) is 0 Å². The van der Waals surface area contributed by atoms with Crippen molar-refractivity contribution in [2.24, 2.45) is 15.2 Å². The van der Waals surface area contributed by atoms with Crippen LogP contribution < -0.4 is 5.32 Å². The molecule has 0 aliphatic carbocycles. The Balaban J connectivity index is 2.32. The van der Waals surface area contributed by atoms with Crippen LogP contribution in [-0.2, 0) is 14.3 Å². The molecule has 0 aromatic rings. The molecular formula is C8H6N4O4. The Morgan fingerprint density at radius 2 is 2.06 bits per heavy atom. The maximum Gasteiger partial charge on any atom is 0.361 e. The van der Waals surface area contributed by atoms with E-state index in [0.717, 1.165) is 0 Å². The fraction of sp³-hybridized carbons (Fsp3) is 0.250. The molecule has 16 heavy (non-hydrogen) atoms. The van der Waals surface area contributed by atoms with Gasteiger partial charge >= 0.3 is 12.0 Å². The van der Waals surface area contributed by atoms with Gasteiger partial charge in [-0.3, -0.25) is 10.1 Å². The number of hydrogen-bond donors (Lipinski definition) is 1. The summed E-state index contributed by atoms with van der Waals surface area (Å²) in [4.78, 5) is 37.0. The van der Waals surface area contributed by atoms with E-state index in [4.69, 9.17) is 0 Å². The van der Waals surface area contributed by atoms with E-state index >= 15 is 0 Å². The number of fused-ring (bicyclic) bond motifs is 1. The van der Waals surface area contributed by atoms with E-state index in [2.05, 4.69) is 19.9 Å². The zero-order valence-corrected chi connectivity index (χ0v) is 8.18. The summed E-state index contributed by atoms with van der Waals surface area (Å²) in [6.07, 6.45) is 0. The van der Waals surface area contributed by atoms with Gasteiger partial charge in [-0.25, -0.2) is 9.59 Å². The summed E-state index contributed by atoms with van der Waals surface area (Å²) < 4.78 is 4.68. The Morgan fingerprint density at radius 1 is 1.31 bits per heavy atom. The minimum absolute atomic E-state index is 0.132. The van der Waals surface area contributed by atoms with Crippen LogP contribution in [0, 0.1) is 0 Å². The number of amides is 3. The Bertz CT molecular complexity index is 488. The number of nitrogens with one attached hydrogen (secondary N) is 1. The van der Waals surface area contributed by atoms with Gasteiger partial charge in [-0.2, -0.15) is 4.99 Å². The summed E-state index contributed by atoms with van der Waals surface area (Å²) in [6, 6.07) is -0.849. The topological polar surface area (TPSA) is 110 Å². The van der Waals surface area contributed by atoms with Gasteiger partial charge < -0.3 is 4.74 Å². The van der Waals surface area contributed by atoms with Gasteiger partial charge in [-0.05, 0) is 6.92 Å². The van der Waals surface area contributed by atoms with Gasteiger partial charge in [-0.15, -0.1) is 10.2 Å². The molecule has 0 aromatic carbocycles. The lowest BCUT2D eigenvalue weighted by Crippen LogP contribution is -2.46. The minimum Gasteiger partial charge on any atom is -0.461 e. The minimum atomic E-state index is -0.849. The molecule has 3 amide bonds. The van der Waals surface area contributed by atoms with Crippen molar-refractivity contribution in [2.75, 3.05) is 6.61 Å². The Labute approximate surface area is 89.1 Å². The highest BCUT2D eigenvalue weighted by atomic mass is 16.5. The molecule has 0 saturated carbocycles. The molecule has 0 radical (unpaired) electrons. The van der Waals surface area contributed by atoms with Gasteiger partial charge in [0.05, 0.1) is 6.61 Å². The molecule has 0 atom stereocenters. The molecule has 0 saturated heterocycles. The van der Waals surface area contributed by atoms with Crippen LogP contribution in [0.4, 0.5) is 4.79 Å². The summed E-state index contributed by atoms with van der Waals surface area (Å²) in [5.41, 5.74) is -0.505. The lowest BCUT2D eigenvalue weighted by molar-refractivity contribution is -0.134. The fourth-order valence-corrected chi connectivity index (χ4v) is 1.19. The van der Waals surface area contributed by atoms with Gasteiger partial charge in [-0.1, -0.05) is 0 Å². The van der Waals surface area contributed by atoms with Gasteiger partial charge in [0.15, 0.2) is 11.4 Å². The van der Waals surface area contributed by atoms with Gasteiger partial charge in [0.25, 0.3) is 5.91 Å². The molecule has 0 bridgehead atoms. The molecule has 2 aliphatic rings.